The largest absolute Gasteiger partial charge is 0.463 e. The molecule has 27 heavy (non-hydrogen) atoms. The highest BCUT2D eigenvalue weighted by Crippen LogP contribution is 2.27. The van der Waals surface area contributed by atoms with Crippen molar-refractivity contribution in [3.8, 4) is 11.5 Å². The molecule has 1 amide bonds. The molecule has 0 saturated carbocycles. The Morgan fingerprint density at radius 1 is 1.37 bits per heavy atom. The number of hydrogen-bond acceptors (Lipinski definition) is 5. The van der Waals surface area contributed by atoms with E-state index in [0.717, 1.165) is 11.1 Å². The fourth-order valence-electron chi connectivity index (χ4n) is 3.21. The minimum atomic E-state index is -0.175. The summed E-state index contributed by atoms with van der Waals surface area (Å²) in [4.78, 5) is 17.7. The smallest absolute Gasteiger partial charge is 0.252 e. The average molecular weight is 364 g/mol. The van der Waals surface area contributed by atoms with E-state index in [4.69, 9.17) is 4.42 Å². The van der Waals surface area contributed by atoms with Gasteiger partial charge in [-0.15, -0.1) is 0 Å². The summed E-state index contributed by atoms with van der Waals surface area (Å²) in [6.45, 7) is 4.41. The third kappa shape index (κ3) is 3.21. The van der Waals surface area contributed by atoms with Crippen LogP contribution in [0.15, 0.2) is 47.3 Å². The Kier molecular flexibility index (Phi) is 4.23. The van der Waals surface area contributed by atoms with Gasteiger partial charge in [-0.05, 0) is 38.1 Å². The van der Waals surface area contributed by atoms with Crippen molar-refractivity contribution in [1.82, 2.24) is 29.9 Å². The molecular formula is C19H20N6O2. The molecule has 0 radical (unpaired) electrons. The van der Waals surface area contributed by atoms with E-state index in [0.29, 0.717) is 29.2 Å². The molecule has 0 aliphatic rings. The Bertz CT molecular complexity index is 1080. The number of fused-ring (bicyclic) bond motifs is 1. The lowest BCUT2D eigenvalue weighted by Crippen LogP contribution is -2.36. The standard InChI is InChI=1S/C19H20N6O2/c1-12(11-25-8-5-7-20-25)21-19(26)14-10-15(16-6-4-9-27-16)22-18-17(14)13(2)23-24(18)3/h4-10,12H,11H2,1-3H3,(H,21,26)/t12-/m0/s1. The van der Waals surface area contributed by atoms with E-state index in [1.807, 2.05) is 39.2 Å². The fraction of sp³-hybridized carbons (Fsp3) is 0.263. The van der Waals surface area contributed by atoms with Crippen LogP contribution in [-0.4, -0.2) is 36.5 Å². The van der Waals surface area contributed by atoms with Gasteiger partial charge in [0, 0.05) is 25.5 Å². The summed E-state index contributed by atoms with van der Waals surface area (Å²) in [5, 5.41) is 12.4. The Labute approximate surface area is 155 Å². The van der Waals surface area contributed by atoms with E-state index in [1.54, 1.807) is 34.0 Å². The number of pyridine rings is 1. The highest BCUT2D eigenvalue weighted by molar-refractivity contribution is 6.07. The summed E-state index contributed by atoms with van der Waals surface area (Å²) in [5.74, 6) is 0.431. The molecule has 8 heteroatoms. The van der Waals surface area contributed by atoms with Crippen molar-refractivity contribution >= 4 is 16.9 Å². The summed E-state index contributed by atoms with van der Waals surface area (Å²) in [6, 6.07) is 7.13. The maximum Gasteiger partial charge on any atom is 0.252 e. The van der Waals surface area contributed by atoms with Gasteiger partial charge in [-0.25, -0.2) is 4.98 Å². The Balaban J connectivity index is 1.71. The molecule has 138 valence electrons. The van der Waals surface area contributed by atoms with Gasteiger partial charge in [0.2, 0.25) is 0 Å². The molecule has 0 unspecified atom stereocenters. The molecule has 4 heterocycles. The minimum Gasteiger partial charge on any atom is -0.463 e. The molecule has 0 saturated heterocycles. The fourth-order valence-corrected chi connectivity index (χ4v) is 3.21. The number of carbonyl (C=O) groups is 1. The Morgan fingerprint density at radius 3 is 2.93 bits per heavy atom. The van der Waals surface area contributed by atoms with Crippen LogP contribution in [0.1, 0.15) is 23.0 Å². The summed E-state index contributed by atoms with van der Waals surface area (Å²) in [7, 11) is 1.82. The molecule has 1 atom stereocenters. The monoisotopic (exact) mass is 364 g/mol. The van der Waals surface area contributed by atoms with Crippen LogP contribution in [0, 0.1) is 6.92 Å². The summed E-state index contributed by atoms with van der Waals surface area (Å²) < 4.78 is 8.94. The van der Waals surface area contributed by atoms with Gasteiger partial charge in [-0.1, -0.05) is 0 Å². The second-order valence-corrected chi connectivity index (χ2v) is 6.54. The van der Waals surface area contributed by atoms with Crippen LogP contribution < -0.4 is 5.32 Å². The normalized spacial score (nSPS) is 12.4. The maximum atomic E-state index is 13.0. The zero-order valence-corrected chi connectivity index (χ0v) is 15.4. The van der Waals surface area contributed by atoms with Gasteiger partial charge in [-0.3, -0.25) is 14.2 Å². The lowest BCUT2D eigenvalue weighted by Gasteiger charge is -2.15. The predicted molar refractivity (Wildman–Crippen MR) is 100 cm³/mol. The van der Waals surface area contributed by atoms with Crippen LogP contribution in [0.25, 0.3) is 22.5 Å². The summed E-state index contributed by atoms with van der Waals surface area (Å²) in [5.41, 5.74) is 2.53. The van der Waals surface area contributed by atoms with Crippen LogP contribution in [-0.2, 0) is 13.6 Å². The van der Waals surface area contributed by atoms with Gasteiger partial charge in [0.05, 0.1) is 29.5 Å². The molecule has 4 rings (SSSR count). The zero-order chi connectivity index (χ0) is 19.0. The number of rotatable bonds is 5. The van der Waals surface area contributed by atoms with Crippen LogP contribution in [0.3, 0.4) is 0 Å². The minimum absolute atomic E-state index is 0.0929. The molecule has 0 fully saturated rings. The number of hydrogen-bond donors (Lipinski definition) is 1. The molecule has 0 bridgehead atoms. The van der Waals surface area contributed by atoms with Gasteiger partial charge >= 0.3 is 0 Å². The molecule has 4 aromatic heterocycles. The molecule has 0 aromatic carbocycles. The lowest BCUT2D eigenvalue weighted by atomic mass is 10.1. The van der Waals surface area contributed by atoms with Crippen molar-refractivity contribution in [1.29, 1.82) is 0 Å². The third-order valence-electron chi connectivity index (χ3n) is 4.38. The number of carbonyl (C=O) groups excluding carboxylic acids is 1. The van der Waals surface area contributed by atoms with Crippen molar-refractivity contribution in [3.05, 3.63) is 54.2 Å². The second-order valence-electron chi connectivity index (χ2n) is 6.54. The average Bonchev–Trinajstić information content (AvgIpc) is 3.37. The van der Waals surface area contributed by atoms with Gasteiger partial charge in [0.25, 0.3) is 5.91 Å². The number of nitrogens with one attached hydrogen (secondary N) is 1. The molecule has 4 aromatic rings. The number of nitrogens with zero attached hydrogens (tertiary/aromatic N) is 5. The van der Waals surface area contributed by atoms with E-state index in [2.05, 4.69) is 20.5 Å². The van der Waals surface area contributed by atoms with Crippen molar-refractivity contribution in [3.63, 3.8) is 0 Å². The van der Waals surface area contributed by atoms with Crippen molar-refractivity contribution in [2.24, 2.45) is 7.05 Å². The molecule has 8 nitrogen and oxygen atoms in total. The lowest BCUT2D eigenvalue weighted by molar-refractivity contribution is 0.0937. The second kappa shape index (κ2) is 6.71. The summed E-state index contributed by atoms with van der Waals surface area (Å²) in [6.07, 6.45) is 5.17. The van der Waals surface area contributed by atoms with Gasteiger partial charge in [-0.2, -0.15) is 10.2 Å². The van der Waals surface area contributed by atoms with Crippen molar-refractivity contribution in [2.75, 3.05) is 0 Å². The topological polar surface area (TPSA) is 90.8 Å². The summed E-state index contributed by atoms with van der Waals surface area (Å²) >= 11 is 0. The number of furan rings is 1. The SMILES string of the molecule is Cc1nn(C)c2nc(-c3ccco3)cc(C(=O)N[C@@H](C)Cn3cccn3)c12. The number of aryl methyl sites for hydroxylation is 2. The van der Waals surface area contributed by atoms with Gasteiger partial charge < -0.3 is 9.73 Å². The van der Waals surface area contributed by atoms with Gasteiger partial charge in [0.1, 0.15) is 5.69 Å². The highest BCUT2D eigenvalue weighted by atomic mass is 16.3. The van der Waals surface area contributed by atoms with E-state index in [-0.39, 0.29) is 11.9 Å². The van der Waals surface area contributed by atoms with Crippen molar-refractivity contribution in [2.45, 2.75) is 26.4 Å². The molecule has 0 aliphatic carbocycles. The molecule has 1 N–H and O–H groups in total. The van der Waals surface area contributed by atoms with E-state index in [1.165, 1.54) is 0 Å². The van der Waals surface area contributed by atoms with E-state index >= 15 is 0 Å². The zero-order valence-electron chi connectivity index (χ0n) is 15.4. The molecule has 0 aliphatic heterocycles. The molecular weight excluding hydrogens is 344 g/mol. The van der Waals surface area contributed by atoms with Crippen LogP contribution >= 0.6 is 0 Å². The number of aromatic nitrogens is 5. The first kappa shape index (κ1) is 17.0. The predicted octanol–water partition coefficient (Wildman–Crippen LogP) is 2.55. The quantitative estimate of drug-likeness (QED) is 0.588. The Hall–Kier alpha value is -3.42. The molecule has 0 spiro atoms. The first-order valence-corrected chi connectivity index (χ1v) is 8.69. The van der Waals surface area contributed by atoms with Crippen molar-refractivity contribution < 1.29 is 9.21 Å². The Morgan fingerprint density at radius 2 is 2.22 bits per heavy atom. The third-order valence-corrected chi connectivity index (χ3v) is 4.38. The highest BCUT2D eigenvalue weighted by Gasteiger charge is 2.21. The number of amides is 1. The van der Waals surface area contributed by atoms with Crippen LogP contribution in [0.5, 0.6) is 0 Å². The first-order valence-electron chi connectivity index (χ1n) is 8.69. The van der Waals surface area contributed by atoms with Crippen LogP contribution in [0.2, 0.25) is 0 Å². The van der Waals surface area contributed by atoms with E-state index < -0.39 is 0 Å². The van der Waals surface area contributed by atoms with Crippen LogP contribution in [0.4, 0.5) is 0 Å². The van der Waals surface area contributed by atoms with E-state index in [9.17, 15) is 4.79 Å². The first-order chi connectivity index (χ1) is 13.0. The van der Waals surface area contributed by atoms with Gasteiger partial charge in [0.15, 0.2) is 11.4 Å². The maximum absolute atomic E-state index is 13.0.